The van der Waals surface area contributed by atoms with Crippen LogP contribution in [0.2, 0.25) is 0 Å². The number of rotatable bonds is 7. The van der Waals surface area contributed by atoms with Crippen molar-refractivity contribution >= 4 is 11.8 Å². The fraction of sp³-hybridized carbons (Fsp3) is 0.300. The van der Waals surface area contributed by atoms with Crippen molar-refractivity contribution < 1.29 is 9.59 Å². The molecule has 0 spiro atoms. The van der Waals surface area contributed by atoms with Crippen molar-refractivity contribution in [3.8, 4) is 0 Å². The lowest BCUT2D eigenvalue weighted by Gasteiger charge is -2.16. The first-order valence-corrected chi connectivity index (χ1v) is 8.14. The number of aryl methyl sites for hydroxylation is 3. The van der Waals surface area contributed by atoms with Gasteiger partial charge in [0.25, 0.3) is 0 Å². The highest BCUT2D eigenvalue weighted by molar-refractivity contribution is 5.86. The molecule has 2 amide bonds. The lowest BCUT2D eigenvalue weighted by molar-refractivity contribution is -0.127. The lowest BCUT2D eigenvalue weighted by atomic mass is 10.0. The summed E-state index contributed by atoms with van der Waals surface area (Å²) in [6.07, 6.45) is 1.38. The first-order valence-electron chi connectivity index (χ1n) is 8.14. The molecule has 0 aliphatic heterocycles. The zero-order chi connectivity index (χ0) is 17.5. The average Bonchev–Trinajstić information content (AvgIpc) is 2.56. The number of carbonyl (C=O) groups excluding carboxylic acids is 2. The number of hydrogen-bond acceptors (Lipinski definition) is 2. The van der Waals surface area contributed by atoms with Crippen LogP contribution in [-0.4, -0.2) is 17.9 Å². The molecule has 1 atom stereocenters. The van der Waals surface area contributed by atoms with Gasteiger partial charge in [-0.3, -0.25) is 9.59 Å². The van der Waals surface area contributed by atoms with E-state index in [4.69, 9.17) is 5.73 Å². The van der Waals surface area contributed by atoms with Crippen LogP contribution in [0.4, 0.5) is 0 Å². The minimum Gasteiger partial charge on any atom is -0.368 e. The second-order valence-corrected chi connectivity index (χ2v) is 6.13. The molecule has 0 aromatic heterocycles. The van der Waals surface area contributed by atoms with Crippen LogP contribution in [0, 0.1) is 13.8 Å². The van der Waals surface area contributed by atoms with Crippen LogP contribution >= 0.6 is 0 Å². The Morgan fingerprint density at radius 3 is 2.33 bits per heavy atom. The molecule has 2 aromatic rings. The fourth-order valence-corrected chi connectivity index (χ4v) is 2.56. The largest absolute Gasteiger partial charge is 0.368 e. The molecule has 0 bridgehead atoms. The summed E-state index contributed by atoms with van der Waals surface area (Å²) in [6, 6.07) is 15.1. The van der Waals surface area contributed by atoms with Crippen molar-refractivity contribution in [2.75, 3.05) is 0 Å². The second kappa shape index (κ2) is 8.29. The summed E-state index contributed by atoms with van der Waals surface area (Å²) in [7, 11) is 0. The van der Waals surface area contributed by atoms with Gasteiger partial charge >= 0.3 is 0 Å². The Hall–Kier alpha value is -2.62. The van der Waals surface area contributed by atoms with E-state index in [1.807, 2.05) is 62.4 Å². The Balaban J connectivity index is 1.93. The third-order valence-corrected chi connectivity index (χ3v) is 4.17. The molecule has 2 rings (SSSR count). The monoisotopic (exact) mass is 324 g/mol. The zero-order valence-corrected chi connectivity index (χ0v) is 14.2. The van der Waals surface area contributed by atoms with Crippen LogP contribution in [0.25, 0.3) is 0 Å². The summed E-state index contributed by atoms with van der Waals surface area (Å²) < 4.78 is 0. The van der Waals surface area contributed by atoms with Gasteiger partial charge in [0.05, 0.1) is 0 Å². The lowest BCUT2D eigenvalue weighted by Crippen LogP contribution is -2.45. The van der Waals surface area contributed by atoms with Crippen molar-refractivity contribution in [3.63, 3.8) is 0 Å². The number of benzene rings is 2. The van der Waals surface area contributed by atoms with Gasteiger partial charge in [-0.2, -0.15) is 0 Å². The molecule has 4 heteroatoms. The summed E-state index contributed by atoms with van der Waals surface area (Å²) in [5.74, 6) is -0.673. The van der Waals surface area contributed by atoms with Crippen LogP contribution < -0.4 is 11.1 Å². The van der Waals surface area contributed by atoms with Crippen LogP contribution in [0.3, 0.4) is 0 Å². The highest BCUT2D eigenvalue weighted by Gasteiger charge is 2.18. The number of nitrogens with two attached hydrogens (primary N) is 1. The normalized spacial score (nSPS) is 11.8. The second-order valence-electron chi connectivity index (χ2n) is 6.13. The summed E-state index contributed by atoms with van der Waals surface area (Å²) in [4.78, 5) is 23.8. The smallest absolute Gasteiger partial charge is 0.240 e. The topological polar surface area (TPSA) is 72.2 Å². The van der Waals surface area contributed by atoms with E-state index in [0.29, 0.717) is 19.3 Å². The van der Waals surface area contributed by atoms with E-state index in [-0.39, 0.29) is 5.91 Å². The maximum absolute atomic E-state index is 12.1. The van der Waals surface area contributed by atoms with Gasteiger partial charge in [-0.15, -0.1) is 0 Å². The van der Waals surface area contributed by atoms with Gasteiger partial charge in [0.15, 0.2) is 0 Å². The van der Waals surface area contributed by atoms with Gasteiger partial charge in [0.2, 0.25) is 11.8 Å². The van der Waals surface area contributed by atoms with Crippen molar-refractivity contribution in [3.05, 3.63) is 70.8 Å². The summed E-state index contributed by atoms with van der Waals surface area (Å²) >= 11 is 0. The van der Waals surface area contributed by atoms with Crippen molar-refractivity contribution in [2.24, 2.45) is 5.73 Å². The van der Waals surface area contributed by atoms with E-state index in [2.05, 4.69) is 5.32 Å². The number of amides is 2. The molecule has 0 unspecified atom stereocenters. The molecule has 4 nitrogen and oxygen atoms in total. The van der Waals surface area contributed by atoms with Gasteiger partial charge in [0.1, 0.15) is 6.04 Å². The predicted octanol–water partition coefficient (Wildman–Crippen LogP) is 2.45. The maximum Gasteiger partial charge on any atom is 0.240 e. The van der Waals surface area contributed by atoms with E-state index < -0.39 is 11.9 Å². The Labute approximate surface area is 143 Å². The average molecular weight is 324 g/mol. The minimum atomic E-state index is -0.685. The molecule has 0 saturated heterocycles. The van der Waals surface area contributed by atoms with Crippen LogP contribution in [-0.2, 0) is 22.4 Å². The van der Waals surface area contributed by atoms with E-state index in [0.717, 1.165) is 16.7 Å². The van der Waals surface area contributed by atoms with Gasteiger partial charge in [0, 0.05) is 12.8 Å². The van der Waals surface area contributed by atoms with Crippen LogP contribution in [0.5, 0.6) is 0 Å². The molecule has 0 aliphatic rings. The Kier molecular flexibility index (Phi) is 6.13. The highest BCUT2D eigenvalue weighted by atomic mass is 16.2. The highest BCUT2D eigenvalue weighted by Crippen LogP contribution is 2.12. The fourth-order valence-electron chi connectivity index (χ4n) is 2.56. The summed E-state index contributed by atoms with van der Waals surface area (Å²) in [5.41, 5.74) is 9.89. The van der Waals surface area contributed by atoms with E-state index in [9.17, 15) is 9.59 Å². The van der Waals surface area contributed by atoms with Gasteiger partial charge in [-0.1, -0.05) is 48.5 Å². The Morgan fingerprint density at radius 1 is 1.00 bits per heavy atom. The predicted molar refractivity (Wildman–Crippen MR) is 95.5 cm³/mol. The van der Waals surface area contributed by atoms with Crippen LogP contribution in [0.1, 0.15) is 28.7 Å². The van der Waals surface area contributed by atoms with Crippen molar-refractivity contribution in [2.45, 2.75) is 39.2 Å². The number of carbonyl (C=O) groups is 2. The first-order chi connectivity index (χ1) is 11.5. The van der Waals surface area contributed by atoms with Gasteiger partial charge in [-0.05, 0) is 42.5 Å². The van der Waals surface area contributed by atoms with E-state index in [1.165, 1.54) is 5.56 Å². The van der Waals surface area contributed by atoms with E-state index >= 15 is 0 Å². The minimum absolute atomic E-state index is 0.161. The number of nitrogens with one attached hydrogen (secondary N) is 1. The van der Waals surface area contributed by atoms with Gasteiger partial charge < -0.3 is 11.1 Å². The molecule has 0 aliphatic carbocycles. The third kappa shape index (κ3) is 5.23. The molecule has 2 aromatic carbocycles. The molecule has 3 N–H and O–H groups in total. The molecule has 0 heterocycles. The molecule has 24 heavy (non-hydrogen) atoms. The Morgan fingerprint density at radius 2 is 1.71 bits per heavy atom. The molecular weight excluding hydrogens is 300 g/mol. The van der Waals surface area contributed by atoms with E-state index in [1.54, 1.807) is 0 Å². The summed E-state index contributed by atoms with van der Waals surface area (Å²) in [6.45, 7) is 4.06. The molecule has 0 fully saturated rings. The Bertz CT molecular complexity index is 711. The molecule has 0 radical (unpaired) electrons. The van der Waals surface area contributed by atoms with Gasteiger partial charge in [-0.25, -0.2) is 0 Å². The number of hydrogen-bond donors (Lipinski definition) is 2. The maximum atomic E-state index is 12.1. The zero-order valence-electron chi connectivity index (χ0n) is 14.2. The molecule has 126 valence electrons. The van der Waals surface area contributed by atoms with Crippen molar-refractivity contribution in [1.29, 1.82) is 0 Å². The third-order valence-electron chi connectivity index (χ3n) is 4.17. The quantitative estimate of drug-likeness (QED) is 0.821. The van der Waals surface area contributed by atoms with Crippen LogP contribution in [0.15, 0.2) is 48.5 Å². The standard InChI is InChI=1S/C20H24N2O2/c1-14-8-9-17(12-15(14)2)13-18(20(21)24)22-19(23)11-10-16-6-4-3-5-7-16/h3-9,12,18H,10-11,13H2,1-2H3,(H2,21,24)(H,22,23)/t18-/m0/s1. The summed E-state index contributed by atoms with van der Waals surface area (Å²) in [5, 5.41) is 2.76. The van der Waals surface area contributed by atoms with Crippen molar-refractivity contribution in [1.82, 2.24) is 5.32 Å². The molecule has 0 saturated carbocycles. The number of primary amides is 1. The SMILES string of the molecule is Cc1ccc(C[C@H](NC(=O)CCc2ccccc2)C(N)=O)cc1C. The molecular formula is C20H24N2O2. The first kappa shape index (κ1) is 17.7.